The van der Waals surface area contributed by atoms with Crippen LogP contribution in [0.25, 0.3) is 5.82 Å². The number of likely N-dealkylation sites (tertiary alicyclic amines) is 1. The Bertz CT molecular complexity index is 823. The van der Waals surface area contributed by atoms with Crippen LogP contribution in [0.1, 0.15) is 50.8 Å². The fourth-order valence-electron chi connectivity index (χ4n) is 3.62. The number of carbonyl (C=O) groups excluding carboxylic acids is 2. The lowest BCUT2D eigenvalue weighted by molar-refractivity contribution is -0.128. The van der Waals surface area contributed by atoms with E-state index in [2.05, 4.69) is 15.2 Å². The van der Waals surface area contributed by atoms with E-state index in [1.54, 1.807) is 6.20 Å². The first-order valence-corrected chi connectivity index (χ1v) is 10.4. The normalized spacial score (nSPS) is 20.9. The zero-order valence-corrected chi connectivity index (χ0v) is 16.0. The highest BCUT2D eigenvalue weighted by Crippen LogP contribution is 2.32. The quantitative estimate of drug-likeness (QED) is 0.736. The molecule has 2 aromatic heterocycles. The molecule has 3 heterocycles. The number of hydrogen-bond donors (Lipinski definition) is 0. The van der Waals surface area contributed by atoms with E-state index < -0.39 is 0 Å². The molecule has 4 rings (SSSR count). The van der Waals surface area contributed by atoms with Gasteiger partial charge in [-0.2, -0.15) is 0 Å². The summed E-state index contributed by atoms with van der Waals surface area (Å²) in [5.41, 5.74) is 0. The third-order valence-electron chi connectivity index (χ3n) is 5.08. The van der Waals surface area contributed by atoms with Crippen LogP contribution in [0.3, 0.4) is 0 Å². The van der Waals surface area contributed by atoms with Gasteiger partial charge in [0.15, 0.2) is 11.0 Å². The first-order valence-electron chi connectivity index (χ1n) is 9.55. The molecule has 2 aliphatic rings. The number of nitrogens with zero attached hydrogens (tertiary/aromatic N) is 5. The molecular formula is C19H23N5O2S. The fourth-order valence-corrected chi connectivity index (χ4v) is 4.80. The van der Waals surface area contributed by atoms with Crippen molar-refractivity contribution in [2.24, 2.45) is 0 Å². The van der Waals surface area contributed by atoms with Gasteiger partial charge in [-0.15, -0.1) is 10.2 Å². The predicted octanol–water partition coefficient (Wildman–Crippen LogP) is 2.78. The molecule has 2 aromatic rings. The first-order chi connectivity index (χ1) is 13.2. The third kappa shape index (κ3) is 4.05. The fraction of sp³-hybridized carbons (Fsp3) is 0.526. The largest absolute Gasteiger partial charge is 0.335 e. The molecule has 8 heteroatoms. The van der Waals surface area contributed by atoms with Crippen LogP contribution in [0.15, 0.2) is 29.6 Å². The molecular weight excluding hydrogens is 362 g/mol. The van der Waals surface area contributed by atoms with Crippen LogP contribution >= 0.6 is 11.8 Å². The molecule has 0 spiro atoms. The summed E-state index contributed by atoms with van der Waals surface area (Å²) in [5, 5.41) is 9.31. The maximum Gasteiger partial charge on any atom is 0.223 e. The predicted molar refractivity (Wildman–Crippen MR) is 102 cm³/mol. The maximum absolute atomic E-state index is 12.4. The third-order valence-corrected chi connectivity index (χ3v) is 6.34. The maximum atomic E-state index is 12.4. The van der Waals surface area contributed by atoms with Crippen molar-refractivity contribution in [1.29, 1.82) is 0 Å². The first kappa shape index (κ1) is 18.2. The van der Waals surface area contributed by atoms with Gasteiger partial charge in [-0.1, -0.05) is 30.7 Å². The highest BCUT2D eigenvalue weighted by Gasteiger charge is 2.28. The Morgan fingerprint density at radius 3 is 2.78 bits per heavy atom. The van der Waals surface area contributed by atoms with Crippen molar-refractivity contribution in [3.8, 4) is 5.82 Å². The van der Waals surface area contributed by atoms with E-state index in [4.69, 9.17) is 0 Å². The summed E-state index contributed by atoms with van der Waals surface area (Å²) in [6, 6.07) is 5.68. The molecule has 1 amide bonds. The Balaban J connectivity index is 1.64. The van der Waals surface area contributed by atoms with Crippen molar-refractivity contribution in [2.45, 2.75) is 61.9 Å². The highest BCUT2D eigenvalue weighted by molar-refractivity contribution is 8.00. The molecule has 1 aliphatic carbocycles. The average Bonchev–Trinajstić information content (AvgIpc) is 3.21. The molecule has 1 saturated heterocycles. The second-order valence-electron chi connectivity index (χ2n) is 7.01. The summed E-state index contributed by atoms with van der Waals surface area (Å²) in [5.74, 6) is 1.85. The summed E-state index contributed by atoms with van der Waals surface area (Å²) in [4.78, 5) is 30.7. The van der Waals surface area contributed by atoms with Crippen molar-refractivity contribution in [2.75, 3.05) is 6.54 Å². The van der Waals surface area contributed by atoms with Crippen molar-refractivity contribution in [1.82, 2.24) is 24.6 Å². The number of pyridine rings is 1. The minimum Gasteiger partial charge on any atom is -0.335 e. The Morgan fingerprint density at radius 1 is 1.07 bits per heavy atom. The molecule has 0 N–H and O–H groups in total. The van der Waals surface area contributed by atoms with E-state index in [1.165, 1.54) is 11.8 Å². The van der Waals surface area contributed by atoms with Gasteiger partial charge in [0.2, 0.25) is 5.91 Å². The smallest absolute Gasteiger partial charge is 0.223 e. The van der Waals surface area contributed by atoms with E-state index in [0.717, 1.165) is 38.6 Å². The van der Waals surface area contributed by atoms with Crippen LogP contribution in [-0.2, 0) is 16.1 Å². The zero-order chi connectivity index (χ0) is 18.6. The van der Waals surface area contributed by atoms with Crippen molar-refractivity contribution in [3.63, 3.8) is 0 Å². The zero-order valence-electron chi connectivity index (χ0n) is 15.2. The molecule has 142 valence electrons. The van der Waals surface area contributed by atoms with Crippen LogP contribution in [0, 0.1) is 0 Å². The van der Waals surface area contributed by atoms with E-state index >= 15 is 0 Å². The van der Waals surface area contributed by atoms with Crippen LogP contribution in [0.2, 0.25) is 0 Å². The molecule has 1 saturated carbocycles. The number of rotatable bonds is 5. The number of ketones is 1. The second-order valence-corrected chi connectivity index (χ2v) is 8.18. The molecule has 0 radical (unpaired) electrons. The van der Waals surface area contributed by atoms with E-state index in [1.807, 2.05) is 27.7 Å². The van der Waals surface area contributed by atoms with Gasteiger partial charge in [-0.05, 0) is 31.4 Å². The van der Waals surface area contributed by atoms with Crippen molar-refractivity contribution >= 4 is 23.5 Å². The summed E-state index contributed by atoms with van der Waals surface area (Å²) < 4.78 is 1.90. The lowest BCUT2D eigenvalue weighted by Crippen LogP contribution is -2.26. The van der Waals surface area contributed by atoms with Crippen molar-refractivity contribution < 1.29 is 9.59 Å². The summed E-state index contributed by atoms with van der Waals surface area (Å²) in [6.45, 7) is 1.17. The average molecular weight is 385 g/mol. The minimum absolute atomic E-state index is 0.0829. The summed E-state index contributed by atoms with van der Waals surface area (Å²) >= 11 is 1.48. The van der Waals surface area contributed by atoms with Gasteiger partial charge in [-0.25, -0.2) is 4.98 Å². The number of amides is 1. The number of hydrogen-bond acceptors (Lipinski definition) is 6. The molecule has 2 fully saturated rings. The summed E-state index contributed by atoms with van der Waals surface area (Å²) in [7, 11) is 0. The van der Waals surface area contributed by atoms with Gasteiger partial charge in [0, 0.05) is 25.6 Å². The van der Waals surface area contributed by atoms with Gasteiger partial charge < -0.3 is 4.90 Å². The Labute approximate surface area is 162 Å². The van der Waals surface area contributed by atoms with Crippen LogP contribution < -0.4 is 0 Å². The van der Waals surface area contributed by atoms with Crippen molar-refractivity contribution in [3.05, 3.63) is 30.2 Å². The number of thioether (sulfide) groups is 1. The lowest BCUT2D eigenvalue weighted by Gasteiger charge is -2.17. The van der Waals surface area contributed by atoms with Crippen LogP contribution in [0.4, 0.5) is 0 Å². The molecule has 1 unspecified atom stereocenters. The molecule has 7 nitrogen and oxygen atoms in total. The number of aromatic nitrogens is 4. The van der Waals surface area contributed by atoms with E-state index in [0.29, 0.717) is 42.0 Å². The molecule has 0 bridgehead atoms. The van der Waals surface area contributed by atoms with Gasteiger partial charge in [-0.3, -0.25) is 14.2 Å². The van der Waals surface area contributed by atoms with Crippen LogP contribution in [0.5, 0.6) is 0 Å². The monoisotopic (exact) mass is 385 g/mol. The lowest BCUT2D eigenvalue weighted by atomic mass is 10.2. The number of Topliss-reactive ketones (excluding diaryl/α,β-unsaturated/α-hetero) is 1. The van der Waals surface area contributed by atoms with E-state index in [9.17, 15) is 9.59 Å². The topological polar surface area (TPSA) is 81.0 Å². The highest BCUT2D eigenvalue weighted by atomic mass is 32.2. The molecule has 0 aromatic carbocycles. The Hall–Kier alpha value is -2.22. The Morgan fingerprint density at radius 2 is 2.00 bits per heavy atom. The molecule has 1 aliphatic heterocycles. The van der Waals surface area contributed by atoms with Crippen LogP contribution in [-0.4, -0.2) is 48.1 Å². The molecule has 1 atom stereocenters. The standard InChI is InChI=1S/C19H23N5O2S/c25-14-7-2-1-3-8-15(14)27-19-22-21-17(13-23-12-6-10-18(23)26)24(19)16-9-4-5-11-20-16/h4-5,9,11,15H,1-3,6-8,10,12-13H2. The minimum atomic E-state index is -0.0829. The molecule has 27 heavy (non-hydrogen) atoms. The van der Waals surface area contributed by atoms with E-state index in [-0.39, 0.29) is 11.2 Å². The van der Waals surface area contributed by atoms with Gasteiger partial charge in [0.25, 0.3) is 0 Å². The SMILES string of the molecule is O=C1CCCCCC1Sc1nnc(CN2CCCC2=O)n1-c1ccccn1. The Kier molecular flexibility index (Phi) is 5.52. The van der Waals surface area contributed by atoms with Gasteiger partial charge in [0.1, 0.15) is 11.6 Å². The second kappa shape index (κ2) is 8.21. The van der Waals surface area contributed by atoms with Gasteiger partial charge >= 0.3 is 0 Å². The number of carbonyl (C=O) groups is 2. The van der Waals surface area contributed by atoms with Gasteiger partial charge in [0.05, 0.1) is 11.8 Å². The summed E-state index contributed by atoms with van der Waals surface area (Å²) in [6.07, 6.45) is 7.87.